The zero-order chi connectivity index (χ0) is 18.9. The minimum atomic E-state index is -1.67. The van der Waals surface area contributed by atoms with Crippen LogP contribution in [0, 0.1) is 23.7 Å². The zero-order valence-corrected chi connectivity index (χ0v) is 14.0. The highest BCUT2D eigenvalue weighted by Crippen LogP contribution is 2.32. The third-order valence-electron chi connectivity index (χ3n) is 4.32. The van der Waals surface area contributed by atoms with E-state index >= 15 is 0 Å². The van der Waals surface area contributed by atoms with Gasteiger partial charge in [-0.2, -0.15) is 0 Å². The highest BCUT2D eigenvalue weighted by molar-refractivity contribution is 5.94. The van der Waals surface area contributed by atoms with E-state index in [-0.39, 0.29) is 12.8 Å². The molecule has 0 aliphatic carbocycles. The number of carboxylic acids is 4. The highest BCUT2D eigenvalue weighted by Gasteiger charge is 2.40. The molecule has 0 amide bonds. The van der Waals surface area contributed by atoms with Gasteiger partial charge in [-0.05, 0) is 24.7 Å². The monoisotopic (exact) mass is 346 g/mol. The fourth-order valence-corrected chi connectivity index (χ4v) is 3.02. The van der Waals surface area contributed by atoms with Crippen LogP contribution in [0.15, 0.2) is 0 Å². The first kappa shape index (κ1) is 21.9. The Morgan fingerprint density at radius 2 is 1.12 bits per heavy atom. The van der Waals surface area contributed by atoms with Crippen LogP contribution in [-0.2, 0) is 19.2 Å². The van der Waals surface area contributed by atoms with Crippen molar-refractivity contribution >= 4 is 23.9 Å². The van der Waals surface area contributed by atoms with Crippen molar-refractivity contribution in [2.24, 2.45) is 23.7 Å². The second-order valence-electron chi connectivity index (χ2n) is 5.97. The van der Waals surface area contributed by atoms with Gasteiger partial charge in [0.2, 0.25) is 0 Å². The standard InChI is InChI=1S/C16H26O8/c1-3-5-6-7-10(12(15(21)22)16(23)24)8-9(4-2)11(13(17)18)14(19)20/h9-12H,3-8H2,1-2H3,(H,17,18)(H,19,20)(H,21,22)(H,23,24). The molecule has 0 heterocycles. The van der Waals surface area contributed by atoms with Gasteiger partial charge in [0.15, 0.2) is 11.8 Å². The van der Waals surface area contributed by atoms with E-state index in [2.05, 4.69) is 0 Å². The van der Waals surface area contributed by atoms with Gasteiger partial charge in [0.05, 0.1) is 0 Å². The summed E-state index contributed by atoms with van der Waals surface area (Å²) in [7, 11) is 0. The SMILES string of the molecule is CCCCCC(CC(CC)C(C(=O)O)C(=O)O)C(C(=O)O)C(=O)O. The topological polar surface area (TPSA) is 149 Å². The summed E-state index contributed by atoms with van der Waals surface area (Å²) < 4.78 is 0. The van der Waals surface area contributed by atoms with Crippen LogP contribution < -0.4 is 0 Å². The predicted octanol–water partition coefficient (Wildman–Crippen LogP) is 2.17. The van der Waals surface area contributed by atoms with Crippen LogP contribution in [0.5, 0.6) is 0 Å². The molecule has 8 heteroatoms. The van der Waals surface area contributed by atoms with Crippen LogP contribution in [0.2, 0.25) is 0 Å². The normalized spacial score (nSPS) is 13.7. The third-order valence-corrected chi connectivity index (χ3v) is 4.32. The molecule has 2 atom stereocenters. The molecule has 0 bridgehead atoms. The summed E-state index contributed by atoms with van der Waals surface area (Å²) >= 11 is 0. The molecule has 0 saturated carbocycles. The zero-order valence-electron chi connectivity index (χ0n) is 14.0. The smallest absolute Gasteiger partial charge is 0.318 e. The second-order valence-corrected chi connectivity index (χ2v) is 5.97. The largest absolute Gasteiger partial charge is 0.481 e. The molecule has 0 aromatic carbocycles. The van der Waals surface area contributed by atoms with Crippen molar-refractivity contribution in [1.82, 2.24) is 0 Å². The maximum absolute atomic E-state index is 11.3. The van der Waals surface area contributed by atoms with Gasteiger partial charge < -0.3 is 20.4 Å². The van der Waals surface area contributed by atoms with E-state index in [1.54, 1.807) is 6.92 Å². The number of carboxylic acid groups (broad SMARTS) is 4. The van der Waals surface area contributed by atoms with Crippen molar-refractivity contribution in [3.8, 4) is 0 Å². The summed E-state index contributed by atoms with van der Waals surface area (Å²) in [6, 6.07) is 0. The van der Waals surface area contributed by atoms with Crippen molar-refractivity contribution in [1.29, 1.82) is 0 Å². The lowest BCUT2D eigenvalue weighted by Gasteiger charge is -2.27. The van der Waals surface area contributed by atoms with Crippen LogP contribution in [0.1, 0.15) is 52.4 Å². The van der Waals surface area contributed by atoms with Crippen molar-refractivity contribution in [2.75, 3.05) is 0 Å². The van der Waals surface area contributed by atoms with Crippen molar-refractivity contribution in [3.63, 3.8) is 0 Å². The third kappa shape index (κ3) is 6.55. The van der Waals surface area contributed by atoms with Crippen LogP contribution in [0.25, 0.3) is 0 Å². The Morgan fingerprint density at radius 1 is 0.708 bits per heavy atom. The molecule has 24 heavy (non-hydrogen) atoms. The maximum atomic E-state index is 11.3. The Morgan fingerprint density at radius 3 is 1.46 bits per heavy atom. The Balaban J connectivity index is 5.45. The minimum Gasteiger partial charge on any atom is -0.481 e. The summed E-state index contributed by atoms with van der Waals surface area (Å²) in [4.78, 5) is 45.0. The highest BCUT2D eigenvalue weighted by atomic mass is 16.4. The molecule has 138 valence electrons. The van der Waals surface area contributed by atoms with E-state index in [1.807, 2.05) is 6.92 Å². The molecule has 0 aromatic rings. The Hall–Kier alpha value is -2.12. The lowest BCUT2D eigenvalue weighted by molar-refractivity contribution is -0.158. The van der Waals surface area contributed by atoms with Crippen molar-refractivity contribution < 1.29 is 39.6 Å². The molecule has 0 radical (unpaired) electrons. The second kappa shape index (κ2) is 10.6. The molecule has 0 aliphatic heterocycles. The summed E-state index contributed by atoms with van der Waals surface area (Å²) in [5.41, 5.74) is 0. The van der Waals surface area contributed by atoms with E-state index in [1.165, 1.54) is 0 Å². The number of rotatable bonds is 13. The first-order chi connectivity index (χ1) is 11.2. The number of hydrogen-bond donors (Lipinski definition) is 4. The summed E-state index contributed by atoms with van der Waals surface area (Å²) in [5.74, 6) is -10.9. The van der Waals surface area contributed by atoms with Gasteiger partial charge in [-0.3, -0.25) is 19.2 Å². The van der Waals surface area contributed by atoms with Crippen LogP contribution in [0.4, 0.5) is 0 Å². The predicted molar refractivity (Wildman–Crippen MR) is 83.6 cm³/mol. The van der Waals surface area contributed by atoms with Gasteiger partial charge in [-0.15, -0.1) is 0 Å². The van der Waals surface area contributed by atoms with Gasteiger partial charge in [-0.1, -0.05) is 39.5 Å². The van der Waals surface area contributed by atoms with Crippen LogP contribution >= 0.6 is 0 Å². The minimum absolute atomic E-state index is 0.0628. The van der Waals surface area contributed by atoms with Gasteiger partial charge in [-0.25, -0.2) is 0 Å². The first-order valence-electron chi connectivity index (χ1n) is 8.08. The average molecular weight is 346 g/mol. The van der Waals surface area contributed by atoms with E-state index < -0.39 is 47.5 Å². The maximum Gasteiger partial charge on any atom is 0.318 e. The van der Waals surface area contributed by atoms with E-state index in [9.17, 15) is 29.4 Å². The number of aliphatic carboxylic acids is 4. The Bertz CT molecular complexity index is 431. The van der Waals surface area contributed by atoms with E-state index in [4.69, 9.17) is 10.2 Å². The van der Waals surface area contributed by atoms with Gasteiger partial charge in [0.25, 0.3) is 0 Å². The van der Waals surface area contributed by atoms with Crippen LogP contribution in [0.3, 0.4) is 0 Å². The molecule has 0 aromatic heterocycles. The Labute approximate surface area is 140 Å². The average Bonchev–Trinajstić information content (AvgIpc) is 2.44. The summed E-state index contributed by atoms with van der Waals surface area (Å²) in [6.45, 7) is 3.56. The molecule has 2 unspecified atom stereocenters. The van der Waals surface area contributed by atoms with Gasteiger partial charge in [0, 0.05) is 0 Å². The quantitative estimate of drug-likeness (QED) is 0.293. The molecular weight excluding hydrogens is 320 g/mol. The lowest BCUT2D eigenvalue weighted by Crippen LogP contribution is -2.37. The van der Waals surface area contributed by atoms with Gasteiger partial charge >= 0.3 is 23.9 Å². The van der Waals surface area contributed by atoms with Gasteiger partial charge in [0.1, 0.15) is 0 Å². The number of carbonyl (C=O) groups is 4. The van der Waals surface area contributed by atoms with E-state index in [0.717, 1.165) is 12.8 Å². The van der Waals surface area contributed by atoms with Crippen molar-refractivity contribution in [3.05, 3.63) is 0 Å². The molecule has 0 fully saturated rings. The molecule has 0 spiro atoms. The molecule has 8 nitrogen and oxygen atoms in total. The summed E-state index contributed by atoms with van der Waals surface area (Å²) in [5, 5.41) is 36.6. The fraction of sp³-hybridized carbons (Fsp3) is 0.750. The summed E-state index contributed by atoms with van der Waals surface area (Å²) in [6.07, 6.45) is 2.72. The first-order valence-corrected chi connectivity index (χ1v) is 8.08. The molecular formula is C16H26O8. The van der Waals surface area contributed by atoms with Crippen LogP contribution in [-0.4, -0.2) is 44.3 Å². The molecule has 0 aliphatic rings. The number of unbranched alkanes of at least 4 members (excludes halogenated alkanes) is 2. The Kier molecular flexibility index (Phi) is 9.68. The van der Waals surface area contributed by atoms with Crippen molar-refractivity contribution in [2.45, 2.75) is 52.4 Å². The lowest BCUT2D eigenvalue weighted by atomic mass is 9.76. The molecule has 0 rings (SSSR count). The fourth-order valence-electron chi connectivity index (χ4n) is 3.02. The molecule has 0 saturated heterocycles. The van der Waals surface area contributed by atoms with E-state index in [0.29, 0.717) is 12.8 Å². The molecule has 4 N–H and O–H groups in total. The number of hydrogen-bond acceptors (Lipinski definition) is 4.